The van der Waals surface area contributed by atoms with Crippen molar-refractivity contribution in [3.05, 3.63) is 54.0 Å². The predicted molar refractivity (Wildman–Crippen MR) is 70.8 cm³/mol. The third kappa shape index (κ3) is 2.91. The topological polar surface area (TPSA) is 46.1 Å². The first-order valence-corrected chi connectivity index (χ1v) is 5.82. The Balaban J connectivity index is 2.04. The van der Waals surface area contributed by atoms with Gasteiger partial charge in [-0.05, 0) is 24.3 Å². The number of rotatable bonds is 5. The lowest BCUT2D eigenvalue weighted by Gasteiger charge is -2.19. The Morgan fingerprint density at radius 3 is 2.72 bits per heavy atom. The number of likely N-dealkylation sites (N-methyl/N-ethyl adjacent to an activating group) is 1. The van der Waals surface area contributed by atoms with Crippen molar-refractivity contribution in [2.24, 2.45) is 0 Å². The number of nitrogens with zero attached hydrogens (tertiary/aromatic N) is 3. The minimum absolute atomic E-state index is 0.612. The summed E-state index contributed by atoms with van der Waals surface area (Å²) in [7, 11) is 1.93. The smallest absolute Gasteiger partial charge is 0.153 e. The van der Waals surface area contributed by atoms with Gasteiger partial charge in [-0.25, -0.2) is 4.98 Å². The molecule has 4 heteroatoms. The zero-order chi connectivity index (χ0) is 12.8. The van der Waals surface area contributed by atoms with Crippen molar-refractivity contribution in [3.63, 3.8) is 0 Å². The van der Waals surface area contributed by atoms with Crippen molar-refractivity contribution in [1.29, 1.82) is 0 Å². The molecule has 0 fully saturated rings. The highest BCUT2D eigenvalue weighted by atomic mass is 16.1. The molecule has 92 valence electrons. The Morgan fingerprint density at radius 2 is 2.00 bits per heavy atom. The van der Waals surface area contributed by atoms with E-state index < -0.39 is 0 Å². The molecule has 2 aromatic heterocycles. The van der Waals surface area contributed by atoms with Crippen LogP contribution >= 0.6 is 0 Å². The van der Waals surface area contributed by atoms with Gasteiger partial charge >= 0.3 is 0 Å². The summed E-state index contributed by atoms with van der Waals surface area (Å²) in [6.45, 7) is 0.773. The number of aromatic nitrogens is 2. The van der Waals surface area contributed by atoms with E-state index in [1.807, 2.05) is 30.1 Å². The zero-order valence-corrected chi connectivity index (χ0v) is 10.3. The van der Waals surface area contributed by atoms with Crippen LogP contribution in [-0.4, -0.2) is 29.8 Å². The molecule has 18 heavy (non-hydrogen) atoms. The molecule has 0 aromatic carbocycles. The monoisotopic (exact) mass is 241 g/mol. The van der Waals surface area contributed by atoms with Crippen LogP contribution in [0.1, 0.15) is 16.1 Å². The Kier molecular flexibility index (Phi) is 4.02. The molecule has 0 bridgehead atoms. The van der Waals surface area contributed by atoms with Crippen molar-refractivity contribution in [2.45, 2.75) is 6.42 Å². The highest BCUT2D eigenvalue weighted by molar-refractivity contribution is 5.82. The van der Waals surface area contributed by atoms with E-state index in [1.54, 1.807) is 24.5 Å². The summed E-state index contributed by atoms with van der Waals surface area (Å²) in [5.74, 6) is 0.712. The van der Waals surface area contributed by atoms with Gasteiger partial charge in [0.05, 0.1) is 5.56 Å². The van der Waals surface area contributed by atoms with Crippen LogP contribution < -0.4 is 4.90 Å². The molecule has 0 unspecified atom stereocenters. The number of carbonyl (C=O) groups is 1. The summed E-state index contributed by atoms with van der Waals surface area (Å²) in [6, 6.07) is 9.40. The van der Waals surface area contributed by atoms with Gasteiger partial charge in [-0.2, -0.15) is 0 Å². The van der Waals surface area contributed by atoms with Gasteiger partial charge in [0.2, 0.25) is 0 Å². The molecule has 2 heterocycles. The molecule has 0 saturated heterocycles. The largest absolute Gasteiger partial charge is 0.359 e. The maximum atomic E-state index is 10.9. The summed E-state index contributed by atoms with van der Waals surface area (Å²) in [5.41, 5.74) is 1.65. The van der Waals surface area contributed by atoms with E-state index in [4.69, 9.17) is 0 Å². The average molecular weight is 241 g/mol. The van der Waals surface area contributed by atoms with Crippen LogP contribution in [0.5, 0.6) is 0 Å². The third-order valence-corrected chi connectivity index (χ3v) is 2.73. The van der Waals surface area contributed by atoms with E-state index >= 15 is 0 Å². The second kappa shape index (κ2) is 5.91. The van der Waals surface area contributed by atoms with Gasteiger partial charge in [0, 0.05) is 38.1 Å². The second-order valence-electron chi connectivity index (χ2n) is 4.03. The Morgan fingerprint density at radius 1 is 1.17 bits per heavy atom. The molecule has 0 saturated carbocycles. The summed E-state index contributed by atoms with van der Waals surface area (Å²) >= 11 is 0. The van der Waals surface area contributed by atoms with Gasteiger partial charge < -0.3 is 4.90 Å². The van der Waals surface area contributed by atoms with Crippen LogP contribution in [0.4, 0.5) is 5.82 Å². The molecule has 0 N–H and O–H groups in total. The van der Waals surface area contributed by atoms with Crippen molar-refractivity contribution >= 4 is 12.1 Å². The van der Waals surface area contributed by atoms with Gasteiger partial charge in [-0.3, -0.25) is 9.78 Å². The molecular formula is C14H15N3O. The van der Waals surface area contributed by atoms with E-state index in [0.29, 0.717) is 11.4 Å². The van der Waals surface area contributed by atoms with Gasteiger partial charge in [-0.1, -0.05) is 6.07 Å². The van der Waals surface area contributed by atoms with Gasteiger partial charge in [-0.15, -0.1) is 0 Å². The maximum Gasteiger partial charge on any atom is 0.153 e. The minimum atomic E-state index is 0.612. The van der Waals surface area contributed by atoms with Gasteiger partial charge in [0.25, 0.3) is 0 Å². The summed E-state index contributed by atoms with van der Waals surface area (Å²) < 4.78 is 0. The lowest BCUT2D eigenvalue weighted by atomic mass is 10.2. The van der Waals surface area contributed by atoms with E-state index in [-0.39, 0.29) is 0 Å². The fraction of sp³-hybridized carbons (Fsp3) is 0.214. The van der Waals surface area contributed by atoms with Crippen molar-refractivity contribution in [3.8, 4) is 0 Å². The molecule has 2 rings (SSSR count). The average Bonchev–Trinajstić information content (AvgIpc) is 2.45. The maximum absolute atomic E-state index is 10.9. The molecule has 0 aliphatic rings. The standard InChI is InChI=1S/C14H15N3O/c1-17(10-7-13-6-2-3-8-15-13)14-12(11-18)5-4-9-16-14/h2-6,8-9,11H,7,10H2,1H3. The first-order chi connectivity index (χ1) is 8.81. The minimum Gasteiger partial charge on any atom is -0.359 e. The van der Waals surface area contributed by atoms with E-state index in [2.05, 4.69) is 9.97 Å². The molecule has 0 aliphatic heterocycles. The molecular weight excluding hydrogens is 226 g/mol. The van der Waals surface area contributed by atoms with Gasteiger partial charge in [0.15, 0.2) is 6.29 Å². The summed E-state index contributed by atoms with van der Waals surface area (Å²) in [4.78, 5) is 21.4. The Hall–Kier alpha value is -2.23. The SMILES string of the molecule is CN(CCc1ccccn1)c1ncccc1C=O. The quantitative estimate of drug-likeness (QED) is 0.751. The molecule has 0 amide bonds. The molecule has 2 aromatic rings. The van der Waals surface area contributed by atoms with Crippen LogP contribution in [0.3, 0.4) is 0 Å². The van der Waals surface area contributed by atoms with Crippen LogP contribution in [-0.2, 0) is 6.42 Å². The Labute approximate surface area is 106 Å². The fourth-order valence-electron chi connectivity index (χ4n) is 1.75. The van der Waals surface area contributed by atoms with E-state index in [1.165, 1.54) is 0 Å². The fourth-order valence-corrected chi connectivity index (χ4v) is 1.75. The molecule has 4 nitrogen and oxygen atoms in total. The normalized spacial score (nSPS) is 10.1. The molecule has 0 radical (unpaired) electrons. The molecule has 0 aliphatic carbocycles. The zero-order valence-electron chi connectivity index (χ0n) is 10.3. The van der Waals surface area contributed by atoms with Crippen LogP contribution in [0.25, 0.3) is 0 Å². The van der Waals surface area contributed by atoms with E-state index in [0.717, 1.165) is 24.9 Å². The van der Waals surface area contributed by atoms with Crippen molar-refractivity contribution in [2.75, 3.05) is 18.5 Å². The van der Waals surface area contributed by atoms with Crippen LogP contribution in [0.15, 0.2) is 42.7 Å². The van der Waals surface area contributed by atoms with Crippen molar-refractivity contribution < 1.29 is 4.79 Å². The van der Waals surface area contributed by atoms with E-state index in [9.17, 15) is 4.79 Å². The number of hydrogen-bond donors (Lipinski definition) is 0. The number of hydrogen-bond acceptors (Lipinski definition) is 4. The predicted octanol–water partition coefficient (Wildman–Crippen LogP) is 1.97. The summed E-state index contributed by atoms with van der Waals surface area (Å²) in [6.07, 6.45) is 5.14. The van der Waals surface area contributed by atoms with Gasteiger partial charge in [0.1, 0.15) is 5.82 Å². The second-order valence-corrected chi connectivity index (χ2v) is 4.03. The first-order valence-electron chi connectivity index (χ1n) is 5.82. The number of aldehydes is 1. The highest BCUT2D eigenvalue weighted by Gasteiger charge is 2.07. The summed E-state index contributed by atoms with van der Waals surface area (Å²) in [5, 5.41) is 0. The lowest BCUT2D eigenvalue weighted by molar-refractivity contribution is 0.112. The first kappa shape index (κ1) is 12.2. The number of pyridine rings is 2. The molecule has 0 spiro atoms. The van der Waals surface area contributed by atoms with Crippen LogP contribution in [0.2, 0.25) is 0 Å². The number of carbonyl (C=O) groups excluding carboxylic acids is 1. The van der Waals surface area contributed by atoms with Crippen LogP contribution in [0, 0.1) is 0 Å². The third-order valence-electron chi connectivity index (χ3n) is 2.73. The molecule has 0 atom stereocenters. The number of anilines is 1. The van der Waals surface area contributed by atoms with Crippen molar-refractivity contribution in [1.82, 2.24) is 9.97 Å². The lowest BCUT2D eigenvalue weighted by Crippen LogP contribution is -2.23. The highest BCUT2D eigenvalue weighted by Crippen LogP contribution is 2.13. The Bertz CT molecular complexity index is 513.